The number of rotatable bonds is 0. The second-order valence-corrected chi connectivity index (χ2v) is 0.714. The molecule has 0 saturated heterocycles. The van der Waals surface area contributed by atoms with Crippen LogP contribution in [0.25, 0.3) is 0 Å². The second-order valence-electron chi connectivity index (χ2n) is 0.238. The van der Waals surface area contributed by atoms with Gasteiger partial charge in [0.1, 0.15) is 0 Å². The number of hydrogen-bond acceptors (Lipinski definition) is 2. The number of thiol groups is 1. The molecule has 0 aliphatic carbocycles. The van der Waals surface area contributed by atoms with Gasteiger partial charge in [-0.15, -0.1) is 0 Å². The normalized spacial score (nSPS) is 6.80. The second kappa shape index (κ2) is 5.27. The summed E-state index contributed by atoms with van der Waals surface area (Å²) in [5.41, 5.74) is 0. The molecule has 0 atom stereocenters. The monoisotopic (exact) mass is 223 g/mol. The quantitative estimate of drug-likeness (QED) is 0.412. The molecule has 0 aliphatic heterocycles. The van der Waals surface area contributed by atoms with Crippen LogP contribution in [0.1, 0.15) is 0 Å². The van der Waals surface area contributed by atoms with E-state index >= 15 is 0 Å². The van der Waals surface area contributed by atoms with E-state index in [9.17, 15) is 0 Å². The topological polar surface area (TPSA) is 54.4 Å². The Labute approximate surface area is 64.5 Å². The van der Waals surface area contributed by atoms with Crippen LogP contribution in [0.5, 0.6) is 0 Å². The van der Waals surface area contributed by atoms with E-state index < -0.39 is 11.0 Å². The summed E-state index contributed by atoms with van der Waals surface area (Å²) in [5.74, 6) is 0. The third-order valence-electron chi connectivity index (χ3n) is 0. The largest absolute Gasteiger partial charge is 0.288 e. The van der Waals surface area contributed by atoms with Crippen molar-refractivity contribution in [2.24, 2.45) is 0 Å². The first-order valence-corrected chi connectivity index (χ1v) is 1.70. The van der Waals surface area contributed by atoms with Crippen LogP contribution >= 0.6 is 0 Å². The maximum absolute atomic E-state index is 8.59. The molecule has 0 aromatic carbocycles. The molecule has 0 rings (SSSR count). The van der Waals surface area contributed by atoms with E-state index in [-0.39, 0.29) is 41.3 Å². The summed E-state index contributed by atoms with van der Waals surface area (Å²) in [6, 6.07) is 0. The number of hydrogen-bond donors (Lipinski definition) is 2. The smallest absolute Gasteiger partial charge is 0.254 e. The average Bonchev–Trinajstić information content (AvgIpc) is 0.811. The maximum atomic E-state index is 8.59. The van der Waals surface area contributed by atoms with Crippen LogP contribution < -0.4 is 0 Å². The van der Waals surface area contributed by atoms with Gasteiger partial charge in [-0.1, -0.05) is 0 Å². The van der Waals surface area contributed by atoms with Crippen LogP contribution in [0.3, 0.4) is 0 Å². The maximum Gasteiger partial charge on any atom is 0.254 e. The average molecular weight is 223 g/mol. The molecule has 1 radical (unpaired) electrons. The van der Waals surface area contributed by atoms with Gasteiger partial charge in [-0.25, -0.2) is 8.42 Å². The van der Waals surface area contributed by atoms with Crippen molar-refractivity contribution >= 4 is 11.0 Å². The molecular weight excluding hydrogens is 221 g/mol. The van der Waals surface area contributed by atoms with Crippen LogP contribution in [0.4, 0.5) is 0 Å². The molecule has 0 aromatic rings. The Hall–Kier alpha value is 1.27. The van der Waals surface area contributed by atoms with Crippen LogP contribution in [0.15, 0.2) is 0 Å². The Balaban J connectivity index is 0. The summed E-state index contributed by atoms with van der Waals surface area (Å²) >= 11 is 0. The fourth-order valence-corrected chi connectivity index (χ4v) is 0. The van der Waals surface area contributed by atoms with Crippen LogP contribution in [0, 0.1) is 41.3 Å². The Kier molecular flexibility index (Phi) is 10.1. The van der Waals surface area contributed by atoms with Crippen molar-refractivity contribution in [3.63, 3.8) is 0 Å². The van der Waals surface area contributed by atoms with E-state index in [2.05, 4.69) is 0 Å². The van der Waals surface area contributed by atoms with Gasteiger partial charge < -0.3 is 0 Å². The fourth-order valence-electron chi connectivity index (χ4n) is 0. The Morgan fingerprint density at radius 3 is 1.40 bits per heavy atom. The van der Waals surface area contributed by atoms with E-state index in [0.717, 1.165) is 0 Å². The molecule has 29 valence electrons. The van der Waals surface area contributed by atoms with E-state index in [1.165, 1.54) is 0 Å². The van der Waals surface area contributed by atoms with Crippen molar-refractivity contribution < 1.29 is 54.3 Å². The zero-order valence-corrected chi connectivity index (χ0v) is 6.89. The predicted octanol–water partition coefficient (Wildman–Crippen LogP) is -0.929. The van der Waals surface area contributed by atoms with Gasteiger partial charge in [0.15, 0.2) is 0 Å². The SMILES string of the molecule is O=[SH](=O)O.[Pr]. The van der Waals surface area contributed by atoms with E-state index in [4.69, 9.17) is 13.0 Å². The van der Waals surface area contributed by atoms with Gasteiger partial charge in [-0.2, -0.15) is 0 Å². The van der Waals surface area contributed by atoms with E-state index in [1.807, 2.05) is 0 Å². The molecular formula is H2O3PrS. The third kappa shape index (κ3) is 34.8. The van der Waals surface area contributed by atoms with Gasteiger partial charge in [0.2, 0.25) is 0 Å². The Morgan fingerprint density at radius 1 is 1.40 bits per heavy atom. The van der Waals surface area contributed by atoms with Crippen LogP contribution in [-0.2, 0) is 11.0 Å². The predicted molar refractivity (Wildman–Crippen MR) is 12.9 cm³/mol. The standard InChI is InChI=1S/H2O3S.Pr/c1-4(2)3;/h4H,(H,1,2,3);. The van der Waals surface area contributed by atoms with Crippen molar-refractivity contribution in [1.82, 2.24) is 0 Å². The third-order valence-corrected chi connectivity index (χ3v) is 0. The summed E-state index contributed by atoms with van der Waals surface area (Å²) in [7, 11) is -3.12. The Morgan fingerprint density at radius 2 is 1.40 bits per heavy atom. The van der Waals surface area contributed by atoms with Gasteiger partial charge >= 0.3 is 0 Å². The summed E-state index contributed by atoms with van der Waals surface area (Å²) in [5, 5.41) is 0. The van der Waals surface area contributed by atoms with Crippen molar-refractivity contribution in [3.8, 4) is 0 Å². The molecule has 1 N–H and O–H groups in total. The van der Waals surface area contributed by atoms with Crippen molar-refractivity contribution in [1.29, 1.82) is 0 Å². The Bertz CT molecular complexity index is 55.3. The molecule has 5 heavy (non-hydrogen) atoms. The van der Waals surface area contributed by atoms with Gasteiger partial charge in [0.05, 0.1) is 0 Å². The molecule has 0 spiro atoms. The summed E-state index contributed by atoms with van der Waals surface area (Å²) in [6.07, 6.45) is 0. The molecule has 3 nitrogen and oxygen atoms in total. The van der Waals surface area contributed by atoms with E-state index in [0.29, 0.717) is 0 Å². The first-order chi connectivity index (χ1) is 1.73. The molecule has 0 aliphatic rings. The van der Waals surface area contributed by atoms with Crippen LogP contribution in [0.2, 0.25) is 0 Å². The van der Waals surface area contributed by atoms with Gasteiger partial charge in [-0.05, 0) is 0 Å². The molecule has 0 saturated carbocycles. The van der Waals surface area contributed by atoms with Gasteiger partial charge in [-0.3, -0.25) is 4.55 Å². The van der Waals surface area contributed by atoms with Crippen molar-refractivity contribution in [3.05, 3.63) is 0 Å². The molecule has 0 unspecified atom stereocenters. The molecule has 0 amide bonds. The minimum absolute atomic E-state index is 0. The summed E-state index contributed by atoms with van der Waals surface area (Å²) in [4.78, 5) is 0. The van der Waals surface area contributed by atoms with Crippen LogP contribution in [-0.4, -0.2) is 13.0 Å². The fraction of sp³-hybridized carbons (Fsp3) is 0. The zero-order valence-electron chi connectivity index (χ0n) is 2.29. The minimum Gasteiger partial charge on any atom is -0.288 e. The van der Waals surface area contributed by atoms with E-state index in [1.54, 1.807) is 0 Å². The van der Waals surface area contributed by atoms with Crippen molar-refractivity contribution in [2.75, 3.05) is 0 Å². The first kappa shape index (κ1) is 9.55. The molecule has 0 fully saturated rings. The zero-order chi connectivity index (χ0) is 3.58. The molecule has 0 aromatic heterocycles. The summed E-state index contributed by atoms with van der Waals surface area (Å²) in [6.45, 7) is 0. The molecule has 0 bridgehead atoms. The van der Waals surface area contributed by atoms with Crippen molar-refractivity contribution in [2.45, 2.75) is 0 Å². The van der Waals surface area contributed by atoms with Gasteiger partial charge in [0.25, 0.3) is 11.0 Å². The molecule has 0 heterocycles. The minimum atomic E-state index is -3.12. The van der Waals surface area contributed by atoms with Gasteiger partial charge in [0, 0.05) is 41.3 Å². The molecule has 5 heteroatoms. The summed E-state index contributed by atoms with van der Waals surface area (Å²) < 4.78 is 24.2. The first-order valence-electron chi connectivity index (χ1n) is 0.565.